The maximum Gasteiger partial charge on any atom is 0.129 e. The molecule has 0 aromatic carbocycles. The fourth-order valence-corrected chi connectivity index (χ4v) is 0.204. The zero-order chi connectivity index (χ0) is 6.83. The highest BCUT2D eigenvalue weighted by Crippen LogP contribution is 1.64. The van der Waals surface area contributed by atoms with E-state index < -0.39 is 0 Å². The standard InChI is InChI=1S/C4H10O.H6OSi2/c1-3-5-4-2;2-1-3/h3-4H2,1-2H3;2-3H3. The molecule has 0 aromatic heterocycles. The first-order chi connectivity index (χ1) is 3.83. The molecule has 0 bridgehead atoms. The Morgan fingerprint density at radius 2 is 1.38 bits per heavy atom. The fourth-order valence-electron chi connectivity index (χ4n) is 0.204. The Kier molecular flexibility index (Phi) is 21.9. The Hall–Kier alpha value is 0.354. The summed E-state index contributed by atoms with van der Waals surface area (Å²) in [5, 5.41) is 0. The first kappa shape index (κ1) is 11.2. The summed E-state index contributed by atoms with van der Waals surface area (Å²) in [6, 6.07) is 0. The molecule has 0 aliphatic carbocycles. The smallest absolute Gasteiger partial charge is 0.129 e. The van der Waals surface area contributed by atoms with Crippen LogP contribution in [0, 0.1) is 0 Å². The molecule has 0 unspecified atom stereocenters. The first-order valence-electron chi connectivity index (χ1n) is 2.81. The minimum absolute atomic E-state index is 0.844. The quantitative estimate of drug-likeness (QED) is 0.454. The van der Waals surface area contributed by atoms with Crippen LogP contribution in [0.15, 0.2) is 0 Å². The van der Waals surface area contributed by atoms with Crippen molar-refractivity contribution >= 4 is 21.0 Å². The Morgan fingerprint density at radius 1 is 1.12 bits per heavy atom. The molecule has 0 saturated heterocycles. The Bertz CT molecular complexity index is 26.0. The molecule has 2 nitrogen and oxygen atoms in total. The average Bonchev–Trinajstić information content (AvgIpc) is 1.71. The second kappa shape index (κ2) is 15.7. The minimum atomic E-state index is 0.844. The van der Waals surface area contributed by atoms with Crippen molar-refractivity contribution < 1.29 is 8.85 Å². The van der Waals surface area contributed by atoms with E-state index in [0.29, 0.717) is 0 Å². The van der Waals surface area contributed by atoms with E-state index in [2.05, 4.69) is 4.12 Å². The van der Waals surface area contributed by atoms with E-state index in [1.165, 1.54) is 0 Å². The molecule has 0 rings (SSSR count). The summed E-state index contributed by atoms with van der Waals surface area (Å²) in [6.45, 7) is 5.67. The van der Waals surface area contributed by atoms with Gasteiger partial charge in [-0.25, -0.2) is 0 Å². The van der Waals surface area contributed by atoms with Crippen molar-refractivity contribution in [2.45, 2.75) is 13.8 Å². The van der Waals surface area contributed by atoms with E-state index in [0.717, 1.165) is 34.2 Å². The second-order valence-electron chi connectivity index (χ2n) is 1.19. The molecule has 4 heteroatoms. The maximum absolute atomic E-state index is 4.83. The molecule has 0 atom stereocenters. The van der Waals surface area contributed by atoms with Crippen molar-refractivity contribution in [3.63, 3.8) is 0 Å². The van der Waals surface area contributed by atoms with Gasteiger partial charge in [-0.15, -0.1) is 0 Å². The van der Waals surface area contributed by atoms with E-state index in [9.17, 15) is 0 Å². The van der Waals surface area contributed by atoms with Crippen LogP contribution in [0.25, 0.3) is 0 Å². The summed E-state index contributed by atoms with van der Waals surface area (Å²) in [4.78, 5) is 0. The van der Waals surface area contributed by atoms with Crippen LogP contribution >= 0.6 is 0 Å². The SMILES string of the molecule is CCOCC.[SiH3]O[SiH3]. The van der Waals surface area contributed by atoms with Crippen molar-refractivity contribution in [1.82, 2.24) is 0 Å². The monoisotopic (exact) mass is 152 g/mol. The second-order valence-corrected chi connectivity index (χ2v) is 4.46. The fraction of sp³-hybridized carbons (Fsp3) is 1.00. The van der Waals surface area contributed by atoms with E-state index in [1.807, 2.05) is 13.8 Å². The van der Waals surface area contributed by atoms with Crippen LogP contribution < -0.4 is 0 Å². The molecular formula is C4H16O2Si2. The lowest BCUT2D eigenvalue weighted by atomic mass is 10.8. The van der Waals surface area contributed by atoms with Crippen molar-refractivity contribution in [2.24, 2.45) is 0 Å². The molecular weight excluding hydrogens is 136 g/mol. The molecule has 0 N–H and O–H groups in total. The molecule has 8 heavy (non-hydrogen) atoms. The van der Waals surface area contributed by atoms with Gasteiger partial charge in [0, 0.05) is 13.2 Å². The van der Waals surface area contributed by atoms with Crippen molar-refractivity contribution in [3.8, 4) is 0 Å². The van der Waals surface area contributed by atoms with Gasteiger partial charge in [-0.05, 0) is 13.8 Å². The number of ether oxygens (including phenoxy) is 1. The molecule has 0 aliphatic heterocycles. The molecule has 0 spiro atoms. The van der Waals surface area contributed by atoms with Gasteiger partial charge < -0.3 is 8.85 Å². The van der Waals surface area contributed by atoms with Gasteiger partial charge in [0.15, 0.2) is 0 Å². The summed E-state index contributed by atoms with van der Waals surface area (Å²) < 4.78 is 9.36. The van der Waals surface area contributed by atoms with Gasteiger partial charge in [-0.2, -0.15) is 0 Å². The van der Waals surface area contributed by atoms with E-state index in [-0.39, 0.29) is 0 Å². The summed E-state index contributed by atoms with van der Waals surface area (Å²) >= 11 is 0. The maximum atomic E-state index is 4.83. The lowest BCUT2D eigenvalue weighted by Gasteiger charge is -1.86. The van der Waals surface area contributed by atoms with Gasteiger partial charge in [0.1, 0.15) is 21.0 Å². The van der Waals surface area contributed by atoms with Crippen LogP contribution in [-0.4, -0.2) is 34.2 Å². The predicted molar refractivity (Wildman–Crippen MR) is 43.1 cm³/mol. The van der Waals surface area contributed by atoms with Gasteiger partial charge in [0.25, 0.3) is 0 Å². The Balaban J connectivity index is 0. The van der Waals surface area contributed by atoms with Crippen molar-refractivity contribution in [3.05, 3.63) is 0 Å². The van der Waals surface area contributed by atoms with Crippen LogP contribution in [-0.2, 0) is 8.85 Å². The largest absolute Gasteiger partial charge is 0.471 e. The van der Waals surface area contributed by atoms with Crippen LogP contribution in [0.3, 0.4) is 0 Å². The van der Waals surface area contributed by atoms with Gasteiger partial charge in [0.05, 0.1) is 0 Å². The highest BCUT2D eigenvalue weighted by Gasteiger charge is 1.64. The molecule has 0 aliphatic rings. The molecule has 0 radical (unpaired) electrons. The third-order valence-electron chi connectivity index (χ3n) is 0.408. The number of hydrogen-bond acceptors (Lipinski definition) is 2. The Labute approximate surface area is 57.7 Å². The molecule has 0 saturated carbocycles. The van der Waals surface area contributed by atoms with E-state index in [4.69, 9.17) is 4.74 Å². The minimum Gasteiger partial charge on any atom is -0.471 e. The lowest BCUT2D eigenvalue weighted by molar-refractivity contribution is 0.162. The van der Waals surface area contributed by atoms with E-state index >= 15 is 0 Å². The predicted octanol–water partition coefficient (Wildman–Crippen LogP) is -1.39. The first-order valence-corrected chi connectivity index (χ1v) is 4.44. The van der Waals surface area contributed by atoms with Gasteiger partial charge in [0.2, 0.25) is 0 Å². The lowest BCUT2D eigenvalue weighted by Crippen LogP contribution is -1.84. The summed E-state index contributed by atoms with van der Waals surface area (Å²) in [7, 11) is 1.86. The topological polar surface area (TPSA) is 18.5 Å². The summed E-state index contributed by atoms with van der Waals surface area (Å²) in [5.41, 5.74) is 0. The Morgan fingerprint density at radius 3 is 1.38 bits per heavy atom. The molecule has 0 heterocycles. The highest BCUT2D eigenvalue weighted by molar-refractivity contribution is 6.15. The zero-order valence-electron chi connectivity index (χ0n) is 6.23. The van der Waals surface area contributed by atoms with Gasteiger partial charge >= 0.3 is 0 Å². The van der Waals surface area contributed by atoms with Crippen LogP contribution in [0.4, 0.5) is 0 Å². The third kappa shape index (κ3) is 32.9. The third-order valence-corrected chi connectivity index (χ3v) is 0.408. The zero-order valence-corrected chi connectivity index (χ0v) is 10.2. The molecule has 52 valence electrons. The normalized spacial score (nSPS) is 8.25. The van der Waals surface area contributed by atoms with Crippen LogP contribution in [0.2, 0.25) is 0 Å². The van der Waals surface area contributed by atoms with Gasteiger partial charge in [-0.1, -0.05) is 0 Å². The average molecular weight is 152 g/mol. The van der Waals surface area contributed by atoms with E-state index in [1.54, 1.807) is 0 Å². The van der Waals surface area contributed by atoms with Crippen LogP contribution in [0.1, 0.15) is 13.8 Å². The molecule has 0 aromatic rings. The van der Waals surface area contributed by atoms with Crippen molar-refractivity contribution in [2.75, 3.05) is 13.2 Å². The number of hydrogen-bond donors (Lipinski definition) is 0. The molecule has 0 amide bonds. The van der Waals surface area contributed by atoms with Crippen molar-refractivity contribution in [1.29, 1.82) is 0 Å². The summed E-state index contributed by atoms with van der Waals surface area (Å²) in [6.07, 6.45) is 0. The highest BCUT2D eigenvalue weighted by atomic mass is 28.3. The summed E-state index contributed by atoms with van der Waals surface area (Å²) in [5.74, 6) is 0. The number of rotatable bonds is 2. The van der Waals surface area contributed by atoms with Gasteiger partial charge in [-0.3, -0.25) is 0 Å². The van der Waals surface area contributed by atoms with Crippen LogP contribution in [0.5, 0.6) is 0 Å². The molecule has 0 fully saturated rings.